The zero-order valence-electron chi connectivity index (χ0n) is 21.9. The zero-order valence-corrected chi connectivity index (χ0v) is 21.9. The number of likely N-dealkylation sites (tertiary alicyclic amines) is 1. The van der Waals surface area contributed by atoms with E-state index in [4.69, 9.17) is 10.5 Å². The third-order valence-corrected chi connectivity index (χ3v) is 6.45. The van der Waals surface area contributed by atoms with Gasteiger partial charge >= 0.3 is 12.2 Å². The van der Waals surface area contributed by atoms with Gasteiger partial charge in [-0.25, -0.2) is 0 Å². The predicted molar refractivity (Wildman–Crippen MR) is 137 cm³/mol. The van der Waals surface area contributed by atoms with E-state index in [1.165, 1.54) is 25.0 Å². The second-order valence-corrected chi connectivity index (χ2v) is 9.50. The molecule has 2 heterocycles. The van der Waals surface area contributed by atoms with Crippen LogP contribution in [0.4, 0.5) is 17.6 Å². The minimum Gasteiger partial charge on any atom is -0.497 e. The van der Waals surface area contributed by atoms with Crippen molar-refractivity contribution < 1.29 is 41.4 Å². The van der Waals surface area contributed by atoms with Crippen molar-refractivity contribution in [3.63, 3.8) is 0 Å². The van der Waals surface area contributed by atoms with E-state index in [0.717, 1.165) is 37.4 Å². The number of carbonyl (C=O) groups is 2. The van der Waals surface area contributed by atoms with Gasteiger partial charge in [-0.3, -0.25) is 9.59 Å². The number of amides is 1. The summed E-state index contributed by atoms with van der Waals surface area (Å²) < 4.78 is 65.6. The lowest BCUT2D eigenvalue weighted by Crippen LogP contribution is -2.52. The summed E-state index contributed by atoms with van der Waals surface area (Å²) in [5.41, 5.74) is 6.45. The van der Waals surface area contributed by atoms with Crippen molar-refractivity contribution in [3.8, 4) is 17.2 Å². The summed E-state index contributed by atoms with van der Waals surface area (Å²) in [6, 6.07) is 11.2. The lowest BCUT2D eigenvalue weighted by molar-refractivity contribution is -0.391. The van der Waals surface area contributed by atoms with Crippen LogP contribution in [-0.2, 0) is 11.2 Å². The summed E-state index contributed by atoms with van der Waals surface area (Å²) in [6.45, 7) is 3.15. The van der Waals surface area contributed by atoms with Crippen LogP contribution < -0.4 is 19.9 Å². The Balaban J connectivity index is 0.000000224. The quantitative estimate of drug-likeness (QED) is 0.221. The summed E-state index contributed by atoms with van der Waals surface area (Å²) in [5, 5.41) is 0. The number of Topliss-reactive ketones (excluding diaryl/α,β-unsaturated/α-hetero) is 1. The number of halogens is 4. The van der Waals surface area contributed by atoms with Gasteiger partial charge < -0.3 is 24.8 Å². The van der Waals surface area contributed by atoms with E-state index >= 15 is 0 Å². The number of unbranched alkanes of at least 4 members (excludes halogenated alkanes) is 1. The van der Waals surface area contributed by atoms with Crippen LogP contribution in [0.5, 0.6) is 17.2 Å². The maximum Gasteiger partial charge on any atom is 0.507 e. The van der Waals surface area contributed by atoms with E-state index in [1.807, 2.05) is 0 Å². The van der Waals surface area contributed by atoms with Crippen LogP contribution in [0.2, 0.25) is 0 Å². The molecule has 11 heteroatoms. The first-order chi connectivity index (χ1) is 18.5. The van der Waals surface area contributed by atoms with E-state index in [-0.39, 0.29) is 23.2 Å². The van der Waals surface area contributed by atoms with Crippen LogP contribution in [0.3, 0.4) is 0 Å². The fourth-order valence-electron chi connectivity index (χ4n) is 4.29. The predicted octanol–water partition coefficient (Wildman–Crippen LogP) is 5.60. The fraction of sp³-hybridized carbons (Fsp3) is 0.500. The number of ether oxygens (including phenoxy) is 3. The molecule has 0 aliphatic carbocycles. The fourth-order valence-corrected chi connectivity index (χ4v) is 4.29. The number of primary amides is 1. The number of fused-ring (bicyclic) bond motifs is 1. The summed E-state index contributed by atoms with van der Waals surface area (Å²) in [7, 11) is 1.58. The molecular weight excluding hydrogens is 520 g/mol. The first-order valence-corrected chi connectivity index (χ1v) is 13.0. The normalized spacial score (nSPS) is 17.2. The highest BCUT2D eigenvalue weighted by molar-refractivity contribution is 5.96. The SMILES string of the molecule is COc1ccc(C(=O)CCCCC(N)=O)cc1.FC1(F)Oc2ccc(CCCN3CCCC3)cc2OC1(F)F. The minimum absolute atomic E-state index is 0.0807. The number of nitrogens with two attached hydrogens (primary N) is 1. The molecule has 39 heavy (non-hydrogen) atoms. The molecule has 0 radical (unpaired) electrons. The van der Waals surface area contributed by atoms with Crippen LogP contribution in [0, 0.1) is 0 Å². The lowest BCUT2D eigenvalue weighted by atomic mass is 10.0. The molecule has 0 bridgehead atoms. The number of nitrogens with zero attached hydrogens (tertiary/aromatic N) is 1. The molecule has 7 nitrogen and oxygen atoms in total. The molecule has 1 amide bonds. The number of carbonyl (C=O) groups excluding carboxylic acids is 2. The lowest BCUT2D eigenvalue weighted by Gasteiger charge is -2.32. The molecule has 2 aromatic carbocycles. The Morgan fingerprint density at radius 2 is 1.51 bits per heavy atom. The van der Waals surface area contributed by atoms with Gasteiger partial charge in [0.1, 0.15) is 5.75 Å². The maximum atomic E-state index is 13.1. The average molecular weight is 555 g/mol. The molecule has 0 spiro atoms. The topological polar surface area (TPSA) is 91.1 Å². The van der Waals surface area contributed by atoms with Gasteiger partial charge in [0.25, 0.3) is 0 Å². The second kappa shape index (κ2) is 13.6. The molecular formula is C28H34F4N2O5. The Kier molecular flexibility index (Phi) is 10.6. The number of rotatable bonds is 11. The Morgan fingerprint density at radius 1 is 0.897 bits per heavy atom. The molecule has 214 valence electrons. The molecule has 1 saturated heterocycles. The number of alkyl halides is 4. The van der Waals surface area contributed by atoms with Crippen molar-refractivity contribution in [2.45, 2.75) is 63.6 Å². The third kappa shape index (κ3) is 8.84. The molecule has 2 aromatic rings. The number of ketones is 1. The Morgan fingerprint density at radius 3 is 2.13 bits per heavy atom. The van der Waals surface area contributed by atoms with Gasteiger partial charge in [-0.05, 0) is 100 Å². The first kappa shape index (κ1) is 30.2. The molecule has 0 atom stereocenters. The molecule has 0 aromatic heterocycles. The van der Waals surface area contributed by atoms with Crippen LogP contribution in [-0.4, -0.2) is 55.6 Å². The Bertz CT molecular complexity index is 1110. The van der Waals surface area contributed by atoms with Crippen molar-refractivity contribution in [2.75, 3.05) is 26.7 Å². The van der Waals surface area contributed by atoms with Gasteiger partial charge in [0.15, 0.2) is 17.3 Å². The maximum absolute atomic E-state index is 13.1. The molecule has 0 saturated carbocycles. The van der Waals surface area contributed by atoms with Crippen molar-refractivity contribution in [3.05, 3.63) is 53.6 Å². The van der Waals surface area contributed by atoms with Gasteiger partial charge in [0.05, 0.1) is 7.11 Å². The average Bonchev–Trinajstić information content (AvgIpc) is 3.41. The Labute approximate surface area is 225 Å². The van der Waals surface area contributed by atoms with Gasteiger partial charge in [0, 0.05) is 18.4 Å². The van der Waals surface area contributed by atoms with E-state index in [1.54, 1.807) is 37.4 Å². The number of aryl methyl sites for hydroxylation is 1. The number of benzene rings is 2. The zero-order chi connectivity index (χ0) is 28.5. The van der Waals surface area contributed by atoms with E-state index in [2.05, 4.69) is 14.4 Å². The number of methoxy groups -OCH3 is 1. The highest BCUT2D eigenvalue weighted by Gasteiger charge is 2.65. The summed E-state index contributed by atoms with van der Waals surface area (Å²) in [5.74, 6) is -0.205. The number of hydrogen-bond donors (Lipinski definition) is 1. The first-order valence-electron chi connectivity index (χ1n) is 13.0. The van der Waals surface area contributed by atoms with Gasteiger partial charge in [0.2, 0.25) is 5.91 Å². The second-order valence-electron chi connectivity index (χ2n) is 9.50. The van der Waals surface area contributed by atoms with E-state index < -0.39 is 12.2 Å². The molecule has 0 unspecified atom stereocenters. The minimum atomic E-state index is -4.66. The van der Waals surface area contributed by atoms with Crippen LogP contribution in [0.25, 0.3) is 0 Å². The summed E-state index contributed by atoms with van der Waals surface area (Å²) >= 11 is 0. The van der Waals surface area contributed by atoms with Crippen LogP contribution >= 0.6 is 0 Å². The summed E-state index contributed by atoms with van der Waals surface area (Å²) in [6.07, 6.45) is -3.19. The van der Waals surface area contributed by atoms with Crippen LogP contribution in [0.15, 0.2) is 42.5 Å². The number of hydrogen-bond acceptors (Lipinski definition) is 6. The largest absolute Gasteiger partial charge is 0.507 e. The molecule has 1 fully saturated rings. The van der Waals surface area contributed by atoms with Gasteiger partial charge in [-0.15, -0.1) is 0 Å². The molecule has 4 rings (SSSR count). The van der Waals surface area contributed by atoms with Crippen molar-refractivity contribution >= 4 is 11.7 Å². The molecule has 2 aliphatic rings. The van der Waals surface area contributed by atoms with E-state index in [0.29, 0.717) is 37.7 Å². The highest BCUT2D eigenvalue weighted by atomic mass is 19.3. The standard InChI is InChI=1S/C15H17F4NO2.C13H17NO3/c16-14(17)15(18,19)22-13-10-11(5-6-12(13)21-14)4-3-9-20-7-1-2-8-20;1-17-11-8-6-10(7-9-11)12(15)4-2-3-5-13(14)16/h5-6,10H,1-4,7-9H2;6-9H,2-5H2,1H3,(H2,14,16). The monoisotopic (exact) mass is 554 g/mol. The van der Waals surface area contributed by atoms with Crippen molar-refractivity contribution in [1.29, 1.82) is 0 Å². The summed E-state index contributed by atoms with van der Waals surface area (Å²) in [4.78, 5) is 24.6. The van der Waals surface area contributed by atoms with Crippen molar-refractivity contribution in [2.24, 2.45) is 5.73 Å². The highest BCUT2D eigenvalue weighted by Crippen LogP contribution is 2.47. The van der Waals surface area contributed by atoms with Gasteiger partial charge in [-0.2, -0.15) is 17.6 Å². The Hall–Kier alpha value is -3.34. The van der Waals surface area contributed by atoms with Gasteiger partial charge in [-0.1, -0.05) is 6.07 Å². The van der Waals surface area contributed by atoms with E-state index in [9.17, 15) is 27.2 Å². The third-order valence-electron chi connectivity index (χ3n) is 6.45. The van der Waals surface area contributed by atoms with Crippen molar-refractivity contribution in [1.82, 2.24) is 4.90 Å². The smallest absolute Gasteiger partial charge is 0.497 e. The van der Waals surface area contributed by atoms with Crippen LogP contribution in [0.1, 0.15) is 60.9 Å². The molecule has 2 N–H and O–H groups in total. The molecule has 2 aliphatic heterocycles.